The molecular weight excluding hydrogens is 382 g/mol. The van der Waals surface area contributed by atoms with Crippen molar-refractivity contribution >= 4 is 11.9 Å². The van der Waals surface area contributed by atoms with E-state index in [0.717, 1.165) is 22.7 Å². The Hall–Kier alpha value is -3.61. The van der Waals surface area contributed by atoms with E-state index in [9.17, 15) is 9.59 Å². The van der Waals surface area contributed by atoms with Gasteiger partial charge in [0.25, 0.3) is 5.91 Å². The summed E-state index contributed by atoms with van der Waals surface area (Å²) < 4.78 is 11.9. The van der Waals surface area contributed by atoms with Gasteiger partial charge in [-0.2, -0.15) is 5.10 Å². The summed E-state index contributed by atoms with van der Waals surface area (Å²) in [5, 5.41) is 7.34. The highest BCUT2D eigenvalue weighted by molar-refractivity contribution is 5.93. The normalized spacial score (nSPS) is 10.5. The van der Waals surface area contributed by atoms with E-state index in [1.807, 2.05) is 54.6 Å². The van der Waals surface area contributed by atoms with Crippen LogP contribution >= 0.6 is 0 Å². The number of nitrogens with one attached hydrogen (secondary N) is 1. The minimum absolute atomic E-state index is 0.262. The largest absolute Gasteiger partial charge is 0.497 e. The third-order valence-electron chi connectivity index (χ3n) is 4.48. The summed E-state index contributed by atoms with van der Waals surface area (Å²) in [6, 6.07) is 19.0. The SMILES string of the molecule is CCOC(=O)CCCNC(=O)c1cc(-c2ccc(OC)cc2)n(-c2ccccc2)n1. The second kappa shape index (κ2) is 10.2. The first-order chi connectivity index (χ1) is 14.6. The van der Waals surface area contributed by atoms with Gasteiger partial charge in [-0.05, 0) is 55.8 Å². The maximum Gasteiger partial charge on any atom is 0.305 e. The van der Waals surface area contributed by atoms with E-state index in [0.29, 0.717) is 25.3 Å². The lowest BCUT2D eigenvalue weighted by molar-refractivity contribution is -0.143. The van der Waals surface area contributed by atoms with E-state index in [2.05, 4.69) is 10.4 Å². The number of benzene rings is 2. The van der Waals surface area contributed by atoms with Crippen molar-refractivity contribution in [2.24, 2.45) is 0 Å². The van der Waals surface area contributed by atoms with Gasteiger partial charge >= 0.3 is 5.97 Å². The summed E-state index contributed by atoms with van der Waals surface area (Å²) in [5.41, 5.74) is 2.86. The number of hydrogen-bond donors (Lipinski definition) is 1. The molecule has 1 aromatic heterocycles. The fourth-order valence-corrected chi connectivity index (χ4v) is 2.98. The van der Waals surface area contributed by atoms with Gasteiger partial charge in [-0.15, -0.1) is 0 Å². The Morgan fingerprint density at radius 1 is 1.07 bits per heavy atom. The van der Waals surface area contributed by atoms with Crippen molar-refractivity contribution in [3.05, 3.63) is 66.4 Å². The highest BCUT2D eigenvalue weighted by atomic mass is 16.5. The summed E-state index contributed by atoms with van der Waals surface area (Å²) in [7, 11) is 1.62. The van der Waals surface area contributed by atoms with Crippen LogP contribution in [0, 0.1) is 0 Å². The second-order valence-corrected chi connectivity index (χ2v) is 6.56. The third kappa shape index (κ3) is 5.26. The standard InChI is InChI=1S/C23H25N3O4/c1-3-30-22(27)10-7-15-24-23(28)20-16-21(17-11-13-19(29-2)14-12-17)26(25-20)18-8-5-4-6-9-18/h4-6,8-9,11-14,16H,3,7,10,15H2,1-2H3,(H,24,28). The number of para-hydroxylation sites is 1. The highest BCUT2D eigenvalue weighted by Crippen LogP contribution is 2.26. The van der Waals surface area contributed by atoms with Crippen molar-refractivity contribution < 1.29 is 19.1 Å². The Labute approximate surface area is 175 Å². The topological polar surface area (TPSA) is 82.5 Å². The van der Waals surface area contributed by atoms with E-state index in [1.165, 1.54) is 0 Å². The molecule has 2 aromatic carbocycles. The van der Waals surface area contributed by atoms with Crippen LogP contribution in [0.5, 0.6) is 5.75 Å². The first kappa shape index (κ1) is 21.1. The lowest BCUT2D eigenvalue weighted by Gasteiger charge is -2.08. The Morgan fingerprint density at radius 2 is 1.80 bits per heavy atom. The average molecular weight is 407 g/mol. The van der Waals surface area contributed by atoms with Crippen LogP contribution in [0.1, 0.15) is 30.3 Å². The molecule has 7 nitrogen and oxygen atoms in total. The van der Waals surface area contributed by atoms with E-state index < -0.39 is 0 Å². The van der Waals surface area contributed by atoms with Crippen molar-refractivity contribution in [2.45, 2.75) is 19.8 Å². The average Bonchev–Trinajstić information content (AvgIpc) is 3.23. The quantitative estimate of drug-likeness (QED) is 0.433. The maximum atomic E-state index is 12.6. The van der Waals surface area contributed by atoms with E-state index in [-0.39, 0.29) is 18.3 Å². The molecule has 0 radical (unpaired) electrons. The van der Waals surface area contributed by atoms with E-state index in [4.69, 9.17) is 9.47 Å². The molecule has 30 heavy (non-hydrogen) atoms. The Bertz CT molecular complexity index is 981. The minimum atomic E-state index is -0.289. The zero-order chi connectivity index (χ0) is 21.3. The molecule has 156 valence electrons. The summed E-state index contributed by atoms with van der Waals surface area (Å²) in [6.07, 6.45) is 0.777. The molecule has 0 atom stereocenters. The zero-order valence-electron chi connectivity index (χ0n) is 17.1. The zero-order valence-corrected chi connectivity index (χ0v) is 17.1. The number of methoxy groups -OCH3 is 1. The molecule has 0 spiro atoms. The van der Waals surface area contributed by atoms with Gasteiger partial charge in [0.2, 0.25) is 0 Å². The molecule has 0 aliphatic heterocycles. The van der Waals surface area contributed by atoms with Crippen molar-refractivity contribution in [2.75, 3.05) is 20.3 Å². The van der Waals surface area contributed by atoms with E-state index >= 15 is 0 Å². The van der Waals surface area contributed by atoms with Crippen LogP contribution in [0.3, 0.4) is 0 Å². The molecule has 0 aliphatic carbocycles. The number of amides is 1. The molecule has 3 aromatic rings. The van der Waals surface area contributed by atoms with Gasteiger partial charge in [-0.3, -0.25) is 9.59 Å². The number of nitrogens with zero attached hydrogens (tertiary/aromatic N) is 2. The molecule has 0 saturated carbocycles. The van der Waals surface area contributed by atoms with E-state index in [1.54, 1.807) is 24.8 Å². The Balaban J connectivity index is 1.79. The number of carbonyl (C=O) groups is 2. The van der Waals surface area contributed by atoms with Crippen molar-refractivity contribution in [1.29, 1.82) is 0 Å². The van der Waals surface area contributed by atoms with Crippen LogP contribution in [0.25, 0.3) is 16.9 Å². The molecule has 3 rings (SSSR count). The van der Waals surface area contributed by atoms with Crippen LogP contribution in [0.2, 0.25) is 0 Å². The van der Waals surface area contributed by atoms with Crippen LogP contribution < -0.4 is 10.1 Å². The van der Waals surface area contributed by atoms with Gasteiger partial charge in [0.05, 0.1) is 25.1 Å². The van der Waals surface area contributed by atoms with Gasteiger partial charge in [0, 0.05) is 18.5 Å². The Kier molecular flexibility index (Phi) is 7.21. The van der Waals surface area contributed by atoms with Crippen molar-refractivity contribution in [3.8, 4) is 22.7 Å². The molecule has 0 saturated heterocycles. The van der Waals surface area contributed by atoms with Gasteiger partial charge in [0.1, 0.15) is 5.75 Å². The number of hydrogen-bond acceptors (Lipinski definition) is 5. The number of rotatable bonds is 9. The fraction of sp³-hybridized carbons (Fsp3) is 0.261. The molecule has 1 heterocycles. The molecule has 0 bridgehead atoms. The molecule has 7 heteroatoms. The van der Waals surface area contributed by atoms with Crippen molar-refractivity contribution in [3.63, 3.8) is 0 Å². The predicted octanol–water partition coefficient (Wildman–Crippen LogP) is 3.62. The lowest BCUT2D eigenvalue weighted by atomic mass is 10.1. The van der Waals surface area contributed by atoms with Crippen LogP contribution in [0.15, 0.2) is 60.7 Å². The minimum Gasteiger partial charge on any atom is -0.497 e. The number of carbonyl (C=O) groups excluding carboxylic acids is 2. The Morgan fingerprint density at radius 3 is 2.47 bits per heavy atom. The lowest BCUT2D eigenvalue weighted by Crippen LogP contribution is -2.25. The molecule has 0 aliphatic rings. The second-order valence-electron chi connectivity index (χ2n) is 6.56. The van der Waals surface area contributed by atoms with Crippen LogP contribution in [-0.2, 0) is 9.53 Å². The first-order valence-corrected chi connectivity index (χ1v) is 9.86. The monoisotopic (exact) mass is 407 g/mol. The fourth-order valence-electron chi connectivity index (χ4n) is 2.98. The summed E-state index contributed by atoms with van der Waals surface area (Å²) in [5.74, 6) is 0.203. The molecule has 0 fully saturated rings. The summed E-state index contributed by atoms with van der Waals surface area (Å²) in [4.78, 5) is 24.0. The van der Waals surface area contributed by atoms with Gasteiger partial charge < -0.3 is 14.8 Å². The smallest absolute Gasteiger partial charge is 0.305 e. The molecule has 0 unspecified atom stereocenters. The van der Waals surface area contributed by atoms with Gasteiger partial charge in [0.15, 0.2) is 5.69 Å². The number of esters is 1. The van der Waals surface area contributed by atoms with Crippen LogP contribution in [0.4, 0.5) is 0 Å². The molecule has 1 amide bonds. The van der Waals surface area contributed by atoms with Gasteiger partial charge in [-0.25, -0.2) is 4.68 Å². The molecular formula is C23H25N3O4. The predicted molar refractivity (Wildman–Crippen MR) is 114 cm³/mol. The molecule has 1 N–H and O–H groups in total. The third-order valence-corrected chi connectivity index (χ3v) is 4.48. The summed E-state index contributed by atoms with van der Waals surface area (Å²) in [6.45, 7) is 2.49. The van der Waals surface area contributed by atoms with Crippen molar-refractivity contribution in [1.82, 2.24) is 15.1 Å². The summed E-state index contributed by atoms with van der Waals surface area (Å²) >= 11 is 0. The van der Waals surface area contributed by atoms with Crippen LogP contribution in [-0.4, -0.2) is 41.9 Å². The number of ether oxygens (including phenoxy) is 2. The van der Waals surface area contributed by atoms with Gasteiger partial charge in [-0.1, -0.05) is 18.2 Å². The highest BCUT2D eigenvalue weighted by Gasteiger charge is 2.17. The maximum absolute atomic E-state index is 12.6. The first-order valence-electron chi connectivity index (χ1n) is 9.86. The number of aromatic nitrogens is 2.